The second-order valence-electron chi connectivity index (χ2n) is 4.93. The standard InChI is InChI=1S/C16H13Cl3N2/c1-9-5-3-6-11(18)14(9)21-15-12(19)7-4-8-13(15)20-16(21)10(2)17/h3-8,10H,1-2H3. The number of benzene rings is 2. The minimum Gasteiger partial charge on any atom is -0.292 e. The highest BCUT2D eigenvalue weighted by Gasteiger charge is 2.20. The Morgan fingerprint density at radius 2 is 1.71 bits per heavy atom. The second-order valence-corrected chi connectivity index (χ2v) is 6.40. The first kappa shape index (κ1) is 14.7. The maximum atomic E-state index is 6.42. The first-order chi connectivity index (χ1) is 10.0. The summed E-state index contributed by atoms with van der Waals surface area (Å²) in [6.45, 7) is 3.89. The average molecular weight is 340 g/mol. The molecular weight excluding hydrogens is 327 g/mol. The number of alkyl halides is 1. The zero-order valence-electron chi connectivity index (χ0n) is 11.6. The summed E-state index contributed by atoms with van der Waals surface area (Å²) in [6, 6.07) is 11.4. The Morgan fingerprint density at radius 3 is 2.38 bits per heavy atom. The van der Waals surface area contributed by atoms with Crippen molar-refractivity contribution < 1.29 is 0 Å². The van der Waals surface area contributed by atoms with Gasteiger partial charge in [-0.15, -0.1) is 11.6 Å². The van der Waals surface area contributed by atoms with Gasteiger partial charge in [0.25, 0.3) is 0 Å². The van der Waals surface area contributed by atoms with Crippen molar-refractivity contribution in [2.24, 2.45) is 0 Å². The molecule has 0 fully saturated rings. The van der Waals surface area contributed by atoms with Crippen LogP contribution < -0.4 is 0 Å². The molecule has 0 saturated carbocycles. The van der Waals surface area contributed by atoms with Crippen LogP contribution in [0, 0.1) is 6.92 Å². The van der Waals surface area contributed by atoms with Gasteiger partial charge in [-0.05, 0) is 37.6 Å². The van der Waals surface area contributed by atoms with Gasteiger partial charge >= 0.3 is 0 Å². The molecule has 21 heavy (non-hydrogen) atoms. The molecule has 108 valence electrons. The van der Waals surface area contributed by atoms with Gasteiger partial charge in [-0.1, -0.05) is 41.4 Å². The van der Waals surface area contributed by atoms with Crippen molar-refractivity contribution in [3.05, 3.63) is 57.8 Å². The lowest BCUT2D eigenvalue weighted by Crippen LogP contribution is -2.04. The lowest BCUT2D eigenvalue weighted by Gasteiger charge is -2.15. The predicted molar refractivity (Wildman–Crippen MR) is 90.1 cm³/mol. The number of imidazole rings is 1. The minimum atomic E-state index is -0.260. The fourth-order valence-corrected chi connectivity index (χ4v) is 3.21. The van der Waals surface area contributed by atoms with Crippen molar-refractivity contribution in [2.45, 2.75) is 19.2 Å². The van der Waals surface area contributed by atoms with Crippen molar-refractivity contribution in [1.82, 2.24) is 9.55 Å². The topological polar surface area (TPSA) is 17.8 Å². The fraction of sp³-hybridized carbons (Fsp3) is 0.188. The zero-order valence-corrected chi connectivity index (χ0v) is 13.8. The highest BCUT2D eigenvalue weighted by Crippen LogP contribution is 2.35. The Balaban J connectivity index is 2.48. The van der Waals surface area contributed by atoms with Gasteiger partial charge < -0.3 is 0 Å². The van der Waals surface area contributed by atoms with Gasteiger partial charge in [0.2, 0.25) is 0 Å². The molecule has 1 unspecified atom stereocenters. The third kappa shape index (κ3) is 2.42. The molecule has 0 spiro atoms. The third-order valence-corrected chi connectivity index (χ3v) is 4.23. The van der Waals surface area contributed by atoms with Crippen LogP contribution in [0.25, 0.3) is 16.7 Å². The Labute approximate surface area is 138 Å². The molecule has 3 aromatic rings. The summed E-state index contributed by atoms with van der Waals surface area (Å²) in [6.07, 6.45) is 0. The highest BCUT2D eigenvalue weighted by molar-refractivity contribution is 6.35. The summed E-state index contributed by atoms with van der Waals surface area (Å²) in [5.41, 5.74) is 3.56. The number of rotatable bonds is 2. The first-order valence-corrected chi connectivity index (χ1v) is 7.76. The molecule has 0 saturated heterocycles. The molecule has 3 rings (SSSR count). The summed E-state index contributed by atoms with van der Waals surface area (Å²) in [4.78, 5) is 4.62. The van der Waals surface area contributed by atoms with Crippen molar-refractivity contribution in [1.29, 1.82) is 0 Å². The van der Waals surface area contributed by atoms with Crippen LogP contribution in [0.15, 0.2) is 36.4 Å². The van der Waals surface area contributed by atoms with Crippen LogP contribution in [0.5, 0.6) is 0 Å². The molecule has 0 aliphatic heterocycles. The minimum absolute atomic E-state index is 0.260. The summed E-state index contributed by atoms with van der Waals surface area (Å²) in [5.74, 6) is 0.732. The van der Waals surface area contributed by atoms with E-state index >= 15 is 0 Å². The molecule has 1 heterocycles. The van der Waals surface area contributed by atoms with Crippen LogP contribution in [-0.4, -0.2) is 9.55 Å². The summed E-state index contributed by atoms with van der Waals surface area (Å²) >= 11 is 19.1. The molecule has 2 nitrogen and oxygen atoms in total. The molecule has 0 radical (unpaired) electrons. The van der Waals surface area contributed by atoms with Crippen LogP contribution in [0.3, 0.4) is 0 Å². The number of para-hydroxylation sites is 2. The van der Waals surface area contributed by atoms with E-state index in [4.69, 9.17) is 34.8 Å². The predicted octanol–water partition coefficient (Wildman–Crippen LogP) is 5.94. The molecule has 0 amide bonds. The lowest BCUT2D eigenvalue weighted by molar-refractivity contribution is 0.878. The maximum absolute atomic E-state index is 6.42. The number of fused-ring (bicyclic) bond motifs is 1. The molecular formula is C16H13Cl3N2. The van der Waals surface area contributed by atoms with E-state index < -0.39 is 0 Å². The summed E-state index contributed by atoms with van der Waals surface area (Å²) in [5, 5.41) is 1.01. The van der Waals surface area contributed by atoms with Crippen molar-refractivity contribution in [3.8, 4) is 5.69 Å². The number of hydrogen-bond donors (Lipinski definition) is 0. The first-order valence-electron chi connectivity index (χ1n) is 6.57. The maximum Gasteiger partial charge on any atom is 0.132 e. The van der Waals surface area contributed by atoms with E-state index in [0.29, 0.717) is 10.0 Å². The number of halogens is 3. The number of nitrogens with zero attached hydrogens (tertiary/aromatic N) is 2. The molecule has 0 aliphatic rings. The van der Waals surface area contributed by atoms with Gasteiger partial charge in [-0.2, -0.15) is 0 Å². The lowest BCUT2D eigenvalue weighted by atomic mass is 10.2. The van der Waals surface area contributed by atoms with Gasteiger partial charge in [0, 0.05) is 0 Å². The van der Waals surface area contributed by atoms with E-state index in [1.54, 1.807) is 0 Å². The van der Waals surface area contributed by atoms with Crippen molar-refractivity contribution in [3.63, 3.8) is 0 Å². The summed E-state index contributed by atoms with van der Waals surface area (Å²) < 4.78 is 1.97. The number of aryl methyl sites for hydroxylation is 1. The monoisotopic (exact) mass is 338 g/mol. The fourth-order valence-electron chi connectivity index (χ4n) is 2.50. The molecule has 2 aromatic carbocycles. The zero-order chi connectivity index (χ0) is 15.1. The smallest absolute Gasteiger partial charge is 0.132 e. The van der Waals surface area contributed by atoms with Crippen LogP contribution >= 0.6 is 34.8 Å². The summed E-state index contributed by atoms with van der Waals surface area (Å²) in [7, 11) is 0. The van der Waals surface area contributed by atoms with Gasteiger partial charge in [0.05, 0.1) is 32.1 Å². The highest BCUT2D eigenvalue weighted by atomic mass is 35.5. The van der Waals surface area contributed by atoms with Gasteiger partial charge in [-0.3, -0.25) is 4.57 Å². The molecule has 0 N–H and O–H groups in total. The Hall–Kier alpha value is -1.22. The van der Waals surface area contributed by atoms with Crippen molar-refractivity contribution in [2.75, 3.05) is 0 Å². The number of hydrogen-bond acceptors (Lipinski definition) is 1. The van der Waals surface area contributed by atoms with E-state index in [9.17, 15) is 0 Å². The van der Waals surface area contributed by atoms with Crippen LogP contribution in [0.1, 0.15) is 23.7 Å². The second kappa shape index (κ2) is 5.53. The van der Waals surface area contributed by atoms with Crippen LogP contribution in [0.4, 0.5) is 0 Å². The Morgan fingerprint density at radius 1 is 1.05 bits per heavy atom. The van der Waals surface area contributed by atoms with Crippen LogP contribution in [0.2, 0.25) is 10.0 Å². The van der Waals surface area contributed by atoms with Crippen molar-refractivity contribution >= 4 is 45.8 Å². The molecule has 0 bridgehead atoms. The molecule has 5 heteroatoms. The third-order valence-electron chi connectivity index (χ3n) is 3.42. The van der Waals surface area contributed by atoms with Gasteiger partial charge in [-0.25, -0.2) is 4.98 Å². The molecule has 1 aromatic heterocycles. The average Bonchev–Trinajstić information content (AvgIpc) is 2.80. The van der Waals surface area contributed by atoms with Gasteiger partial charge in [0.1, 0.15) is 5.82 Å². The normalized spacial score (nSPS) is 12.8. The van der Waals surface area contributed by atoms with E-state index in [1.165, 1.54) is 0 Å². The van der Waals surface area contributed by atoms with Crippen LogP contribution in [-0.2, 0) is 0 Å². The van der Waals surface area contributed by atoms with E-state index in [1.807, 2.05) is 54.8 Å². The molecule has 0 aliphatic carbocycles. The van der Waals surface area contributed by atoms with Gasteiger partial charge in [0.15, 0.2) is 0 Å². The quantitative estimate of drug-likeness (QED) is 0.528. The van der Waals surface area contributed by atoms with E-state index in [0.717, 1.165) is 28.1 Å². The number of aromatic nitrogens is 2. The largest absolute Gasteiger partial charge is 0.292 e. The Kier molecular flexibility index (Phi) is 3.87. The molecule has 1 atom stereocenters. The SMILES string of the molecule is Cc1cccc(Cl)c1-n1c(C(C)Cl)nc2cccc(Cl)c21. The van der Waals surface area contributed by atoms with E-state index in [-0.39, 0.29) is 5.38 Å². The Bertz CT molecular complexity index is 801. The van der Waals surface area contributed by atoms with E-state index in [2.05, 4.69) is 4.98 Å².